The van der Waals surface area contributed by atoms with E-state index in [0.29, 0.717) is 0 Å². The number of hydrogen-bond donors (Lipinski definition) is 0. The predicted octanol–water partition coefficient (Wildman–Crippen LogP) is -0.383. The molecule has 0 aromatic heterocycles. The second-order valence-corrected chi connectivity index (χ2v) is 1.29. The van der Waals surface area contributed by atoms with Crippen LogP contribution in [0.4, 0.5) is 0 Å². The van der Waals surface area contributed by atoms with Crippen molar-refractivity contribution in [2.75, 3.05) is 0 Å². The molecule has 0 bridgehead atoms. The van der Waals surface area contributed by atoms with Gasteiger partial charge < -0.3 is 0 Å². The third-order valence-electron chi connectivity index (χ3n) is 0.652. The number of carbonyl (C=O) groups excluding carboxylic acids is 2. The summed E-state index contributed by atoms with van der Waals surface area (Å²) in [7, 11) is 0. The van der Waals surface area contributed by atoms with Crippen LogP contribution in [0.25, 0.3) is 0 Å². The first-order valence-corrected chi connectivity index (χ1v) is 2.01. The van der Waals surface area contributed by atoms with Gasteiger partial charge in [0.15, 0.2) is 0 Å². The van der Waals surface area contributed by atoms with Gasteiger partial charge in [-0.2, -0.15) is 0 Å². The summed E-state index contributed by atoms with van der Waals surface area (Å²) in [5, 5.41) is 0. The smallest absolute Gasteiger partial charge is 0.264 e. The zero-order chi connectivity index (χ0) is 5.98. The van der Waals surface area contributed by atoms with E-state index in [0.717, 1.165) is 0 Å². The Hall–Kier alpha value is -1.28. The van der Waals surface area contributed by atoms with Crippen LogP contribution in [0.15, 0.2) is 9.98 Å². The van der Waals surface area contributed by atoms with Crippen molar-refractivity contribution in [2.24, 2.45) is 9.98 Å². The first kappa shape index (κ1) is 4.87. The van der Waals surface area contributed by atoms with Crippen molar-refractivity contribution in [3.63, 3.8) is 0 Å². The lowest BCUT2D eigenvalue weighted by Gasteiger charge is -1.87. The van der Waals surface area contributed by atoms with Gasteiger partial charge in [0.05, 0.1) is 0 Å². The van der Waals surface area contributed by atoms with Crippen molar-refractivity contribution in [2.45, 2.75) is 6.42 Å². The summed E-state index contributed by atoms with van der Waals surface area (Å²) in [6.07, 6.45) is -0.201. The van der Waals surface area contributed by atoms with E-state index in [4.69, 9.17) is 0 Å². The molecule has 0 atom stereocenters. The highest BCUT2D eigenvalue weighted by atomic mass is 16.2. The fourth-order valence-electron chi connectivity index (χ4n) is 0.345. The van der Waals surface area contributed by atoms with Crippen LogP contribution in [-0.2, 0) is 9.59 Å². The van der Waals surface area contributed by atoms with E-state index in [9.17, 15) is 9.59 Å². The summed E-state index contributed by atoms with van der Waals surface area (Å²) in [5.41, 5.74) is 0. The van der Waals surface area contributed by atoms with Gasteiger partial charge in [-0.1, -0.05) is 0 Å². The summed E-state index contributed by atoms with van der Waals surface area (Å²) < 4.78 is 0. The third-order valence-corrected chi connectivity index (χ3v) is 0.652. The van der Waals surface area contributed by atoms with Gasteiger partial charge in [0.1, 0.15) is 12.4 Å². The standard InChI is InChI=1S/C4H2N2O2/c7-3-1-4(8)6-2-5-3/h1H2. The molecule has 1 aliphatic heterocycles. The van der Waals surface area contributed by atoms with E-state index >= 15 is 0 Å². The molecular formula is C4H2N2O2. The molecule has 4 nitrogen and oxygen atoms in total. The van der Waals surface area contributed by atoms with Crippen LogP contribution in [-0.4, -0.2) is 17.8 Å². The molecular weight excluding hydrogens is 108 g/mol. The number of carbonyl (C=O) groups is 2. The third kappa shape index (κ3) is 0.859. The molecule has 4 heteroatoms. The van der Waals surface area contributed by atoms with Gasteiger partial charge in [-0.25, -0.2) is 0 Å². The van der Waals surface area contributed by atoms with Crippen LogP contribution in [0.3, 0.4) is 0 Å². The lowest BCUT2D eigenvalue weighted by Crippen LogP contribution is -2.05. The van der Waals surface area contributed by atoms with Crippen molar-refractivity contribution in [1.82, 2.24) is 0 Å². The van der Waals surface area contributed by atoms with Crippen LogP contribution in [0, 0.1) is 0 Å². The Morgan fingerprint density at radius 1 is 1.25 bits per heavy atom. The molecule has 0 saturated carbocycles. The number of nitrogens with zero attached hydrogens (tertiary/aromatic N) is 2. The normalized spacial score (nSPS) is 17.5. The molecule has 2 amide bonds. The first-order valence-electron chi connectivity index (χ1n) is 2.01. The molecule has 0 spiro atoms. The Balaban J connectivity index is 2.92. The van der Waals surface area contributed by atoms with Gasteiger partial charge in [-0.05, 0) is 0 Å². The van der Waals surface area contributed by atoms with Gasteiger partial charge in [0.25, 0.3) is 11.8 Å². The van der Waals surface area contributed by atoms with Crippen LogP contribution in [0.1, 0.15) is 6.42 Å². The second kappa shape index (κ2) is 1.68. The van der Waals surface area contributed by atoms with Crippen molar-refractivity contribution in [1.29, 1.82) is 0 Å². The fraction of sp³-hybridized carbons (Fsp3) is 0.250. The minimum atomic E-state index is -0.468. The highest BCUT2D eigenvalue weighted by molar-refractivity contribution is 6.04. The largest absolute Gasteiger partial charge is 0.271 e. The molecule has 8 heavy (non-hydrogen) atoms. The Bertz CT molecular complexity index is 182. The SMILES string of the molecule is O=C1CC(=O)N=C=N1. The number of aliphatic imine (C=N–C) groups is 2. The van der Waals surface area contributed by atoms with E-state index in [1.54, 1.807) is 0 Å². The average Bonchev–Trinajstić information content (AvgIpc) is 1.64. The number of hydrogen-bond acceptors (Lipinski definition) is 2. The van der Waals surface area contributed by atoms with E-state index < -0.39 is 11.8 Å². The van der Waals surface area contributed by atoms with E-state index in [1.807, 2.05) is 6.01 Å². The highest BCUT2D eigenvalue weighted by Gasteiger charge is 2.08. The molecule has 1 heterocycles. The maximum absolute atomic E-state index is 10.2. The monoisotopic (exact) mass is 110 g/mol. The van der Waals surface area contributed by atoms with Crippen molar-refractivity contribution >= 4 is 17.8 Å². The summed E-state index contributed by atoms with van der Waals surface area (Å²) >= 11 is 0. The van der Waals surface area contributed by atoms with Crippen molar-refractivity contribution in [3.8, 4) is 0 Å². The van der Waals surface area contributed by atoms with E-state index in [2.05, 4.69) is 9.98 Å². The van der Waals surface area contributed by atoms with E-state index in [1.165, 1.54) is 0 Å². The van der Waals surface area contributed by atoms with Crippen LogP contribution < -0.4 is 0 Å². The Morgan fingerprint density at radius 3 is 2.00 bits per heavy atom. The molecule has 0 aromatic rings. The summed E-state index contributed by atoms with van der Waals surface area (Å²) in [4.78, 5) is 26.5. The second-order valence-electron chi connectivity index (χ2n) is 1.29. The molecule has 0 fully saturated rings. The lowest BCUT2D eigenvalue weighted by molar-refractivity contribution is -0.125. The zero-order valence-corrected chi connectivity index (χ0v) is 3.92. The summed E-state index contributed by atoms with van der Waals surface area (Å²) in [5.74, 6) is -0.935. The molecule has 1 aliphatic rings. The van der Waals surface area contributed by atoms with Gasteiger partial charge in [0.2, 0.25) is 0 Å². The first-order chi connectivity index (χ1) is 3.79. The molecule has 40 valence electrons. The van der Waals surface area contributed by atoms with Crippen LogP contribution >= 0.6 is 0 Å². The molecule has 0 saturated heterocycles. The topological polar surface area (TPSA) is 58.9 Å². The fourth-order valence-corrected chi connectivity index (χ4v) is 0.345. The number of amides is 2. The molecule has 0 N–H and O–H groups in total. The molecule has 0 unspecified atom stereocenters. The van der Waals surface area contributed by atoms with Crippen molar-refractivity contribution < 1.29 is 9.59 Å². The summed E-state index contributed by atoms with van der Waals surface area (Å²) in [6, 6.07) is 1.94. The minimum absolute atomic E-state index is 0.201. The molecule has 0 aliphatic carbocycles. The van der Waals surface area contributed by atoms with Crippen molar-refractivity contribution in [3.05, 3.63) is 0 Å². The van der Waals surface area contributed by atoms with Gasteiger partial charge in [-0.3, -0.25) is 9.59 Å². The van der Waals surface area contributed by atoms with Crippen LogP contribution in [0.2, 0.25) is 0 Å². The highest BCUT2D eigenvalue weighted by Crippen LogP contribution is 1.90. The molecule has 0 radical (unpaired) electrons. The molecule has 1 rings (SSSR count). The maximum atomic E-state index is 10.2. The predicted molar refractivity (Wildman–Crippen MR) is 24.5 cm³/mol. The maximum Gasteiger partial charge on any atom is 0.264 e. The quantitative estimate of drug-likeness (QED) is 0.399. The van der Waals surface area contributed by atoms with Gasteiger partial charge >= 0.3 is 0 Å². The van der Waals surface area contributed by atoms with Crippen LogP contribution in [0.5, 0.6) is 0 Å². The summed E-state index contributed by atoms with van der Waals surface area (Å²) in [6.45, 7) is 0. The van der Waals surface area contributed by atoms with Gasteiger partial charge in [-0.15, -0.1) is 9.98 Å². The van der Waals surface area contributed by atoms with Gasteiger partial charge in [0, 0.05) is 0 Å². The minimum Gasteiger partial charge on any atom is -0.271 e. The lowest BCUT2D eigenvalue weighted by atomic mass is 10.4. The molecule has 0 aromatic carbocycles. The Labute approximate surface area is 44.9 Å². The number of rotatable bonds is 0. The Morgan fingerprint density at radius 2 is 1.75 bits per heavy atom. The average molecular weight is 110 g/mol. The van der Waals surface area contributed by atoms with E-state index in [-0.39, 0.29) is 6.42 Å². The Kier molecular flexibility index (Phi) is 1.02. The zero-order valence-electron chi connectivity index (χ0n) is 3.92.